The van der Waals surface area contributed by atoms with Crippen LogP contribution in [0.2, 0.25) is 5.02 Å². The highest BCUT2D eigenvalue weighted by Crippen LogP contribution is 2.13. The van der Waals surface area contributed by atoms with E-state index >= 15 is 0 Å². The first-order chi connectivity index (χ1) is 7.72. The van der Waals surface area contributed by atoms with Crippen molar-refractivity contribution < 1.29 is 4.79 Å². The molecule has 0 aliphatic heterocycles. The van der Waals surface area contributed by atoms with Crippen LogP contribution in [0.3, 0.4) is 0 Å². The Kier molecular flexibility index (Phi) is 2.88. The average Bonchev–Trinajstić information content (AvgIpc) is 2.29. The van der Waals surface area contributed by atoms with Gasteiger partial charge >= 0.3 is 0 Å². The number of hydrogen-bond acceptors (Lipinski definition) is 2. The van der Waals surface area contributed by atoms with Crippen molar-refractivity contribution in [2.45, 2.75) is 0 Å². The van der Waals surface area contributed by atoms with E-state index < -0.39 is 0 Å². The lowest BCUT2D eigenvalue weighted by atomic mass is 10.2. The van der Waals surface area contributed by atoms with Crippen molar-refractivity contribution in [2.24, 2.45) is 0 Å². The summed E-state index contributed by atoms with van der Waals surface area (Å²) in [4.78, 5) is 22.4. The van der Waals surface area contributed by atoms with Gasteiger partial charge in [-0.1, -0.05) is 17.7 Å². The van der Waals surface area contributed by atoms with Gasteiger partial charge in [-0.25, -0.2) is 0 Å². The van der Waals surface area contributed by atoms with Gasteiger partial charge in [-0.2, -0.15) is 0 Å². The molecular weight excluding hydrogens is 226 g/mol. The Morgan fingerprint density at radius 2 is 2.00 bits per heavy atom. The Morgan fingerprint density at radius 3 is 2.69 bits per heavy atom. The third-order valence-electron chi connectivity index (χ3n) is 2.19. The van der Waals surface area contributed by atoms with Gasteiger partial charge in [0.05, 0.1) is 11.3 Å². The maximum Gasteiger partial charge on any atom is 0.265 e. The highest BCUT2D eigenvalue weighted by molar-refractivity contribution is 6.30. The zero-order valence-corrected chi connectivity index (χ0v) is 9.02. The van der Waals surface area contributed by atoms with E-state index in [9.17, 15) is 9.59 Å². The van der Waals surface area contributed by atoms with Gasteiger partial charge in [0, 0.05) is 11.2 Å². The second-order valence-corrected chi connectivity index (χ2v) is 3.67. The molecule has 0 amide bonds. The molecule has 16 heavy (non-hydrogen) atoms. The van der Waals surface area contributed by atoms with Gasteiger partial charge in [-0.3, -0.25) is 14.2 Å². The first kappa shape index (κ1) is 10.6. The zero-order chi connectivity index (χ0) is 11.5. The molecule has 1 aromatic heterocycles. The Bertz CT molecular complexity index is 590. The molecule has 0 atom stereocenters. The summed E-state index contributed by atoms with van der Waals surface area (Å²) >= 11 is 5.84. The number of nitrogens with zero attached hydrogens (tertiary/aromatic N) is 1. The van der Waals surface area contributed by atoms with Gasteiger partial charge in [0.2, 0.25) is 0 Å². The summed E-state index contributed by atoms with van der Waals surface area (Å²) in [6.45, 7) is 0. The van der Waals surface area contributed by atoms with E-state index in [0.717, 1.165) is 0 Å². The number of aromatic nitrogens is 1. The zero-order valence-electron chi connectivity index (χ0n) is 8.26. The monoisotopic (exact) mass is 233 g/mol. The summed E-state index contributed by atoms with van der Waals surface area (Å²) in [7, 11) is 0. The summed E-state index contributed by atoms with van der Waals surface area (Å²) in [6, 6.07) is 10.0. The minimum Gasteiger partial charge on any atom is -0.298 e. The molecule has 2 aromatic rings. The number of halogens is 1. The van der Waals surface area contributed by atoms with Crippen molar-refractivity contribution in [2.75, 3.05) is 0 Å². The van der Waals surface area contributed by atoms with Crippen molar-refractivity contribution in [3.8, 4) is 5.69 Å². The van der Waals surface area contributed by atoms with Crippen molar-refractivity contribution in [3.05, 3.63) is 63.5 Å². The van der Waals surface area contributed by atoms with E-state index in [1.54, 1.807) is 36.5 Å². The van der Waals surface area contributed by atoms with E-state index in [2.05, 4.69) is 0 Å². The standard InChI is InChI=1S/C12H8ClNO2/c13-10-4-1-5-11(7-10)14-6-2-3-9(8-15)12(14)16/h1-8H. The molecule has 80 valence electrons. The third-order valence-corrected chi connectivity index (χ3v) is 2.43. The Morgan fingerprint density at radius 1 is 1.19 bits per heavy atom. The van der Waals surface area contributed by atoms with Crippen molar-refractivity contribution in [3.63, 3.8) is 0 Å². The molecule has 0 aliphatic rings. The van der Waals surface area contributed by atoms with E-state index in [4.69, 9.17) is 11.6 Å². The van der Waals surface area contributed by atoms with Gasteiger partial charge in [-0.05, 0) is 30.3 Å². The molecule has 0 bridgehead atoms. The lowest BCUT2D eigenvalue weighted by Gasteiger charge is -2.05. The average molecular weight is 234 g/mol. The van der Waals surface area contributed by atoms with Crippen LogP contribution in [0.4, 0.5) is 0 Å². The topological polar surface area (TPSA) is 39.1 Å². The van der Waals surface area contributed by atoms with Crippen LogP contribution in [0.1, 0.15) is 10.4 Å². The molecule has 0 radical (unpaired) electrons. The Hall–Kier alpha value is -1.87. The highest BCUT2D eigenvalue weighted by atomic mass is 35.5. The van der Waals surface area contributed by atoms with E-state index in [-0.39, 0.29) is 11.1 Å². The summed E-state index contributed by atoms with van der Waals surface area (Å²) < 4.78 is 1.38. The maximum absolute atomic E-state index is 11.8. The molecule has 4 heteroatoms. The van der Waals surface area contributed by atoms with Crippen LogP contribution < -0.4 is 5.56 Å². The molecular formula is C12H8ClNO2. The molecule has 0 saturated heterocycles. The first-order valence-electron chi connectivity index (χ1n) is 4.65. The molecule has 3 nitrogen and oxygen atoms in total. The van der Waals surface area contributed by atoms with Crippen LogP contribution in [-0.4, -0.2) is 10.9 Å². The smallest absolute Gasteiger partial charge is 0.265 e. The van der Waals surface area contributed by atoms with Gasteiger partial charge < -0.3 is 0 Å². The lowest BCUT2D eigenvalue weighted by Crippen LogP contribution is -2.20. The molecule has 0 unspecified atom stereocenters. The van der Waals surface area contributed by atoms with Crippen LogP contribution >= 0.6 is 11.6 Å². The van der Waals surface area contributed by atoms with Gasteiger partial charge in [0.15, 0.2) is 6.29 Å². The Labute approximate surface area is 96.9 Å². The molecule has 1 aromatic carbocycles. The van der Waals surface area contributed by atoms with E-state index in [0.29, 0.717) is 17.0 Å². The predicted molar refractivity (Wildman–Crippen MR) is 62.4 cm³/mol. The maximum atomic E-state index is 11.8. The molecule has 1 heterocycles. The van der Waals surface area contributed by atoms with Crippen molar-refractivity contribution >= 4 is 17.9 Å². The number of carbonyl (C=O) groups is 1. The molecule has 0 N–H and O–H groups in total. The fraction of sp³-hybridized carbons (Fsp3) is 0. The van der Waals surface area contributed by atoms with E-state index in [1.165, 1.54) is 10.6 Å². The van der Waals surface area contributed by atoms with Crippen LogP contribution in [0, 0.1) is 0 Å². The van der Waals surface area contributed by atoms with Gasteiger partial charge in [0.25, 0.3) is 5.56 Å². The van der Waals surface area contributed by atoms with Crippen LogP contribution in [0.25, 0.3) is 5.69 Å². The minimum atomic E-state index is -0.347. The number of aldehydes is 1. The third kappa shape index (κ3) is 1.90. The molecule has 2 rings (SSSR count). The van der Waals surface area contributed by atoms with Crippen LogP contribution in [-0.2, 0) is 0 Å². The molecule has 0 fully saturated rings. The normalized spacial score (nSPS) is 10.1. The molecule has 0 aliphatic carbocycles. The quantitative estimate of drug-likeness (QED) is 0.747. The first-order valence-corrected chi connectivity index (χ1v) is 5.03. The van der Waals surface area contributed by atoms with Gasteiger partial charge in [0.1, 0.15) is 0 Å². The number of rotatable bonds is 2. The summed E-state index contributed by atoms with van der Waals surface area (Å²) in [5.74, 6) is 0. The fourth-order valence-electron chi connectivity index (χ4n) is 1.43. The lowest BCUT2D eigenvalue weighted by molar-refractivity contribution is 0.112. The van der Waals surface area contributed by atoms with Crippen molar-refractivity contribution in [1.82, 2.24) is 4.57 Å². The SMILES string of the molecule is O=Cc1cccn(-c2cccc(Cl)c2)c1=O. The van der Waals surface area contributed by atoms with Gasteiger partial charge in [-0.15, -0.1) is 0 Å². The molecule has 0 spiro atoms. The Balaban J connectivity index is 2.65. The summed E-state index contributed by atoms with van der Waals surface area (Å²) in [6.07, 6.45) is 2.14. The number of hydrogen-bond donors (Lipinski definition) is 0. The second-order valence-electron chi connectivity index (χ2n) is 3.24. The predicted octanol–water partition coefficient (Wildman–Crippen LogP) is 2.30. The second kappa shape index (κ2) is 4.33. The summed E-state index contributed by atoms with van der Waals surface area (Å²) in [5.41, 5.74) is 0.420. The number of carbonyl (C=O) groups excluding carboxylic acids is 1. The highest BCUT2D eigenvalue weighted by Gasteiger charge is 2.03. The van der Waals surface area contributed by atoms with Crippen LogP contribution in [0.5, 0.6) is 0 Å². The number of benzene rings is 1. The minimum absolute atomic E-state index is 0.127. The summed E-state index contributed by atoms with van der Waals surface area (Å²) in [5, 5.41) is 0.543. The van der Waals surface area contributed by atoms with Crippen LogP contribution in [0.15, 0.2) is 47.4 Å². The van der Waals surface area contributed by atoms with Crippen molar-refractivity contribution in [1.29, 1.82) is 0 Å². The largest absolute Gasteiger partial charge is 0.298 e. The number of pyridine rings is 1. The fourth-order valence-corrected chi connectivity index (χ4v) is 1.61. The molecule has 0 saturated carbocycles. The van der Waals surface area contributed by atoms with E-state index in [1.807, 2.05) is 0 Å².